The molecule has 0 spiro atoms. The van der Waals surface area contributed by atoms with Crippen LogP contribution in [0.3, 0.4) is 0 Å². The highest BCUT2D eigenvalue weighted by molar-refractivity contribution is 14.1. The molecule has 1 fully saturated rings. The lowest BCUT2D eigenvalue weighted by Crippen LogP contribution is -2.04. The Balaban J connectivity index is 2.15. The van der Waals surface area contributed by atoms with Crippen molar-refractivity contribution in [1.82, 2.24) is 0 Å². The third kappa shape index (κ3) is 2.38. The van der Waals surface area contributed by atoms with Crippen LogP contribution in [0.5, 0.6) is 0 Å². The number of hydrogen-bond acceptors (Lipinski definition) is 1. The number of rotatable bonds is 3. The van der Waals surface area contributed by atoms with Crippen molar-refractivity contribution >= 4 is 22.6 Å². The van der Waals surface area contributed by atoms with E-state index >= 15 is 0 Å². The molecule has 0 N–H and O–H groups in total. The SMILES string of the molecule is COCC1CCC(CI)C1. The predicted octanol–water partition coefficient (Wildman–Crippen LogP) is 2.48. The molecule has 1 rings (SSSR count). The summed E-state index contributed by atoms with van der Waals surface area (Å²) in [6, 6.07) is 0. The zero-order chi connectivity index (χ0) is 7.40. The molecule has 2 atom stereocenters. The lowest BCUT2D eigenvalue weighted by molar-refractivity contribution is 0.153. The summed E-state index contributed by atoms with van der Waals surface area (Å²) in [5.41, 5.74) is 0. The van der Waals surface area contributed by atoms with E-state index in [0.717, 1.165) is 18.4 Å². The Morgan fingerprint density at radius 2 is 2.10 bits per heavy atom. The molecule has 60 valence electrons. The quantitative estimate of drug-likeness (QED) is 0.555. The summed E-state index contributed by atoms with van der Waals surface area (Å²) >= 11 is 2.49. The fourth-order valence-electron chi connectivity index (χ4n) is 1.71. The molecule has 0 aromatic heterocycles. The highest BCUT2D eigenvalue weighted by Gasteiger charge is 2.22. The van der Waals surface area contributed by atoms with Crippen LogP contribution in [0, 0.1) is 11.8 Å². The van der Waals surface area contributed by atoms with E-state index in [1.54, 1.807) is 7.11 Å². The van der Waals surface area contributed by atoms with Gasteiger partial charge in [0.2, 0.25) is 0 Å². The first-order valence-electron chi connectivity index (χ1n) is 3.91. The largest absolute Gasteiger partial charge is 0.384 e. The van der Waals surface area contributed by atoms with E-state index in [0.29, 0.717) is 0 Å². The second kappa shape index (κ2) is 4.54. The summed E-state index contributed by atoms with van der Waals surface area (Å²) in [7, 11) is 1.80. The van der Waals surface area contributed by atoms with E-state index < -0.39 is 0 Å². The van der Waals surface area contributed by atoms with Gasteiger partial charge in [0, 0.05) is 18.1 Å². The molecule has 0 aromatic carbocycles. The van der Waals surface area contributed by atoms with Gasteiger partial charge in [-0.05, 0) is 31.1 Å². The molecule has 0 aromatic rings. The molecule has 0 bridgehead atoms. The Morgan fingerprint density at radius 3 is 2.60 bits per heavy atom. The monoisotopic (exact) mass is 254 g/mol. The third-order valence-electron chi connectivity index (χ3n) is 2.27. The van der Waals surface area contributed by atoms with Crippen LogP contribution in [0.4, 0.5) is 0 Å². The normalized spacial score (nSPS) is 33.0. The van der Waals surface area contributed by atoms with E-state index in [1.165, 1.54) is 23.7 Å². The number of methoxy groups -OCH3 is 1. The first-order valence-corrected chi connectivity index (χ1v) is 5.44. The van der Waals surface area contributed by atoms with Gasteiger partial charge in [-0.1, -0.05) is 22.6 Å². The first kappa shape index (κ1) is 8.78. The van der Waals surface area contributed by atoms with Crippen molar-refractivity contribution in [2.45, 2.75) is 19.3 Å². The fourth-order valence-corrected chi connectivity index (χ4v) is 2.51. The van der Waals surface area contributed by atoms with Gasteiger partial charge < -0.3 is 4.74 Å². The molecule has 1 saturated carbocycles. The minimum atomic E-state index is 0.866. The van der Waals surface area contributed by atoms with E-state index in [9.17, 15) is 0 Å². The standard InChI is InChI=1S/C8H15IO/c1-10-6-8-3-2-7(4-8)5-9/h7-8H,2-6H2,1H3. The molecule has 0 radical (unpaired) electrons. The number of alkyl halides is 1. The van der Waals surface area contributed by atoms with Gasteiger partial charge in [0.05, 0.1) is 0 Å². The molecule has 0 aliphatic heterocycles. The van der Waals surface area contributed by atoms with Gasteiger partial charge in [0.1, 0.15) is 0 Å². The molecule has 2 unspecified atom stereocenters. The Labute approximate surface area is 76.7 Å². The Morgan fingerprint density at radius 1 is 1.40 bits per heavy atom. The fraction of sp³-hybridized carbons (Fsp3) is 1.00. The second-order valence-corrected chi connectivity index (χ2v) is 4.04. The molecule has 2 heteroatoms. The summed E-state index contributed by atoms with van der Waals surface area (Å²) in [4.78, 5) is 0. The minimum absolute atomic E-state index is 0.866. The molecular formula is C8H15IO. The summed E-state index contributed by atoms with van der Waals surface area (Å²) in [5, 5.41) is 0. The number of halogens is 1. The maximum atomic E-state index is 5.12. The molecule has 1 nitrogen and oxygen atoms in total. The van der Waals surface area contributed by atoms with Crippen molar-refractivity contribution in [1.29, 1.82) is 0 Å². The molecular weight excluding hydrogens is 239 g/mol. The number of ether oxygens (including phenoxy) is 1. The Hall–Kier alpha value is 0.690. The molecule has 1 aliphatic carbocycles. The van der Waals surface area contributed by atoms with Crippen molar-refractivity contribution in [2.24, 2.45) is 11.8 Å². The highest BCUT2D eigenvalue weighted by Crippen LogP contribution is 2.31. The first-order chi connectivity index (χ1) is 4.86. The Bertz CT molecular complexity index is 95.3. The van der Waals surface area contributed by atoms with E-state index in [-0.39, 0.29) is 0 Å². The van der Waals surface area contributed by atoms with Crippen LogP contribution in [0.25, 0.3) is 0 Å². The van der Waals surface area contributed by atoms with Gasteiger partial charge in [0.25, 0.3) is 0 Å². The van der Waals surface area contributed by atoms with Gasteiger partial charge in [0.15, 0.2) is 0 Å². The van der Waals surface area contributed by atoms with Crippen molar-refractivity contribution in [3.8, 4) is 0 Å². The van der Waals surface area contributed by atoms with E-state index in [4.69, 9.17) is 4.74 Å². The summed E-state index contributed by atoms with van der Waals surface area (Å²) in [6.45, 7) is 0.979. The van der Waals surface area contributed by atoms with Crippen LogP contribution >= 0.6 is 22.6 Å². The van der Waals surface area contributed by atoms with Crippen LogP contribution in [0.1, 0.15) is 19.3 Å². The Kier molecular flexibility index (Phi) is 3.99. The van der Waals surface area contributed by atoms with Crippen LogP contribution in [0.2, 0.25) is 0 Å². The lowest BCUT2D eigenvalue weighted by Gasteiger charge is -2.06. The second-order valence-electron chi connectivity index (χ2n) is 3.15. The van der Waals surface area contributed by atoms with Crippen molar-refractivity contribution in [3.63, 3.8) is 0 Å². The summed E-state index contributed by atoms with van der Waals surface area (Å²) in [6.07, 6.45) is 4.22. The maximum Gasteiger partial charge on any atom is 0.0490 e. The van der Waals surface area contributed by atoms with Crippen LogP contribution in [-0.2, 0) is 4.74 Å². The maximum absolute atomic E-state index is 5.12. The predicted molar refractivity (Wildman–Crippen MR) is 51.6 cm³/mol. The third-order valence-corrected chi connectivity index (χ3v) is 3.52. The van der Waals surface area contributed by atoms with Gasteiger partial charge in [-0.15, -0.1) is 0 Å². The van der Waals surface area contributed by atoms with Gasteiger partial charge >= 0.3 is 0 Å². The number of hydrogen-bond donors (Lipinski definition) is 0. The summed E-state index contributed by atoms with van der Waals surface area (Å²) in [5.74, 6) is 1.85. The van der Waals surface area contributed by atoms with Gasteiger partial charge in [-0.3, -0.25) is 0 Å². The van der Waals surface area contributed by atoms with Crippen LogP contribution in [-0.4, -0.2) is 18.1 Å². The smallest absolute Gasteiger partial charge is 0.0490 e. The van der Waals surface area contributed by atoms with Crippen LogP contribution < -0.4 is 0 Å². The minimum Gasteiger partial charge on any atom is -0.384 e. The van der Waals surface area contributed by atoms with Crippen molar-refractivity contribution in [2.75, 3.05) is 18.1 Å². The zero-order valence-corrected chi connectivity index (χ0v) is 8.63. The molecule has 0 saturated heterocycles. The van der Waals surface area contributed by atoms with Gasteiger partial charge in [-0.2, -0.15) is 0 Å². The molecule has 0 heterocycles. The molecule has 0 amide bonds. The average Bonchev–Trinajstić information content (AvgIpc) is 2.37. The topological polar surface area (TPSA) is 9.23 Å². The van der Waals surface area contributed by atoms with Crippen molar-refractivity contribution < 1.29 is 4.74 Å². The summed E-state index contributed by atoms with van der Waals surface area (Å²) < 4.78 is 6.45. The van der Waals surface area contributed by atoms with Crippen molar-refractivity contribution in [3.05, 3.63) is 0 Å². The van der Waals surface area contributed by atoms with E-state index in [2.05, 4.69) is 22.6 Å². The van der Waals surface area contributed by atoms with E-state index in [1.807, 2.05) is 0 Å². The van der Waals surface area contributed by atoms with Gasteiger partial charge in [-0.25, -0.2) is 0 Å². The zero-order valence-electron chi connectivity index (χ0n) is 6.48. The molecule has 1 aliphatic rings. The lowest BCUT2D eigenvalue weighted by atomic mass is 10.1. The highest BCUT2D eigenvalue weighted by atomic mass is 127. The average molecular weight is 254 g/mol. The molecule has 10 heavy (non-hydrogen) atoms. The van der Waals surface area contributed by atoms with Crippen LogP contribution in [0.15, 0.2) is 0 Å².